The Kier molecular flexibility index (Phi) is 7.28. The first-order valence-electron chi connectivity index (χ1n) is 8.85. The molecule has 9 heteroatoms. The molecule has 0 aliphatic carbocycles. The third-order valence-electron chi connectivity index (χ3n) is 3.91. The second-order valence-corrected chi connectivity index (χ2v) is 7.74. The van der Waals surface area contributed by atoms with Crippen molar-refractivity contribution in [1.29, 1.82) is 0 Å². The molecule has 0 unspecified atom stereocenters. The van der Waals surface area contributed by atoms with Crippen LogP contribution in [-0.4, -0.2) is 38.2 Å². The lowest BCUT2D eigenvalue weighted by atomic mass is 10.1. The van der Waals surface area contributed by atoms with Crippen LogP contribution in [-0.2, 0) is 19.1 Å². The zero-order valence-electron chi connectivity index (χ0n) is 16.1. The second kappa shape index (κ2) is 9.90. The Morgan fingerprint density at radius 1 is 1.17 bits per heavy atom. The number of hydrogen-bond acceptors (Lipinski definition) is 7. The summed E-state index contributed by atoms with van der Waals surface area (Å²) in [4.78, 5) is 28.0. The molecule has 2 aromatic carbocycles. The summed E-state index contributed by atoms with van der Waals surface area (Å²) in [5, 5.41) is 0. The number of ether oxygens (including phenoxy) is 4. The molecule has 0 radical (unpaired) electrons. The van der Waals surface area contributed by atoms with Crippen LogP contribution in [0.3, 0.4) is 0 Å². The van der Waals surface area contributed by atoms with Crippen LogP contribution in [0.2, 0.25) is 0 Å². The van der Waals surface area contributed by atoms with Gasteiger partial charge in [0.25, 0.3) is 0 Å². The predicted octanol–water partition coefficient (Wildman–Crippen LogP) is 4.51. The van der Waals surface area contributed by atoms with Gasteiger partial charge in [0.2, 0.25) is 5.90 Å². The van der Waals surface area contributed by atoms with Gasteiger partial charge < -0.3 is 18.9 Å². The number of carbonyl (C=O) groups is 2. The Labute approximate surface area is 189 Å². The Hall–Kier alpha value is -2.65. The van der Waals surface area contributed by atoms with Crippen molar-refractivity contribution in [2.75, 3.05) is 20.3 Å². The van der Waals surface area contributed by atoms with Gasteiger partial charge in [-0.15, -0.1) is 0 Å². The highest BCUT2D eigenvalue weighted by molar-refractivity contribution is 9.10. The summed E-state index contributed by atoms with van der Waals surface area (Å²) in [7, 11) is 1.28. The van der Waals surface area contributed by atoms with Gasteiger partial charge in [-0.1, -0.05) is 15.9 Å². The molecule has 156 valence electrons. The normalized spacial score (nSPS) is 14.3. The number of nitrogens with zero attached hydrogens (tertiary/aromatic N) is 1. The van der Waals surface area contributed by atoms with Crippen LogP contribution in [0.15, 0.2) is 56.0 Å². The largest absolute Gasteiger partial charge is 0.490 e. The van der Waals surface area contributed by atoms with E-state index in [4.69, 9.17) is 14.2 Å². The number of rotatable bonds is 7. The van der Waals surface area contributed by atoms with Gasteiger partial charge in [-0.2, -0.15) is 0 Å². The summed E-state index contributed by atoms with van der Waals surface area (Å²) in [6.45, 7) is 1.95. The maximum atomic E-state index is 12.3. The van der Waals surface area contributed by atoms with E-state index in [1.807, 2.05) is 19.1 Å². The van der Waals surface area contributed by atoms with Crippen LogP contribution in [0, 0.1) is 0 Å². The summed E-state index contributed by atoms with van der Waals surface area (Å²) < 4.78 is 22.5. The van der Waals surface area contributed by atoms with Gasteiger partial charge in [-0.05, 0) is 70.9 Å². The second-order valence-electron chi connectivity index (χ2n) is 5.97. The highest BCUT2D eigenvalue weighted by Gasteiger charge is 2.24. The van der Waals surface area contributed by atoms with E-state index in [2.05, 4.69) is 41.6 Å². The first-order valence-corrected chi connectivity index (χ1v) is 10.4. The predicted molar refractivity (Wildman–Crippen MR) is 118 cm³/mol. The molecule has 0 saturated carbocycles. The number of carbonyl (C=O) groups excluding carboxylic acids is 2. The molecular weight excluding hydrogens is 522 g/mol. The minimum absolute atomic E-state index is 0.158. The van der Waals surface area contributed by atoms with Crippen molar-refractivity contribution < 1.29 is 28.5 Å². The van der Waals surface area contributed by atoms with Crippen LogP contribution >= 0.6 is 31.9 Å². The van der Waals surface area contributed by atoms with Crippen LogP contribution in [0.1, 0.15) is 18.1 Å². The highest BCUT2D eigenvalue weighted by Crippen LogP contribution is 2.38. The van der Waals surface area contributed by atoms with Crippen molar-refractivity contribution >= 4 is 55.8 Å². The molecule has 0 aromatic heterocycles. The molecule has 0 N–H and O–H groups in total. The minimum Gasteiger partial charge on any atom is -0.490 e. The average molecular weight is 539 g/mol. The molecule has 0 amide bonds. The van der Waals surface area contributed by atoms with Crippen molar-refractivity contribution in [3.05, 3.63) is 62.2 Å². The topological polar surface area (TPSA) is 83.4 Å². The van der Waals surface area contributed by atoms with Gasteiger partial charge in [0.05, 0.1) is 18.2 Å². The fourth-order valence-electron chi connectivity index (χ4n) is 2.55. The van der Waals surface area contributed by atoms with E-state index in [0.29, 0.717) is 33.7 Å². The molecule has 1 aliphatic heterocycles. The molecule has 1 aliphatic rings. The standard InChI is InChI=1S/C21H17Br2NO6/c1-3-28-17-10-12(8-15(23)19(17)29-11-18(25)27-2)9-16-21(26)30-20(24-16)13-4-6-14(22)7-5-13/h4-10H,3,11H2,1-2H3/b16-9-. The Balaban J connectivity index is 1.91. The zero-order valence-corrected chi connectivity index (χ0v) is 19.3. The summed E-state index contributed by atoms with van der Waals surface area (Å²) in [6, 6.07) is 10.7. The lowest BCUT2D eigenvalue weighted by molar-refractivity contribution is -0.143. The molecule has 0 saturated heterocycles. The summed E-state index contributed by atoms with van der Waals surface area (Å²) >= 11 is 6.78. The highest BCUT2D eigenvalue weighted by atomic mass is 79.9. The van der Waals surface area contributed by atoms with E-state index in [0.717, 1.165) is 4.47 Å². The Morgan fingerprint density at radius 2 is 1.90 bits per heavy atom. The van der Waals surface area contributed by atoms with Gasteiger partial charge in [-0.25, -0.2) is 14.6 Å². The molecule has 3 rings (SSSR count). The number of esters is 2. The third kappa shape index (κ3) is 5.28. The van der Waals surface area contributed by atoms with Crippen molar-refractivity contribution in [2.24, 2.45) is 4.99 Å². The first-order chi connectivity index (χ1) is 14.4. The maximum Gasteiger partial charge on any atom is 0.363 e. The lowest BCUT2D eigenvalue weighted by Crippen LogP contribution is -2.13. The molecule has 0 spiro atoms. The number of benzene rings is 2. The third-order valence-corrected chi connectivity index (χ3v) is 5.03. The van der Waals surface area contributed by atoms with Crippen molar-refractivity contribution in [1.82, 2.24) is 0 Å². The Morgan fingerprint density at radius 3 is 2.57 bits per heavy atom. The molecule has 7 nitrogen and oxygen atoms in total. The van der Waals surface area contributed by atoms with Crippen molar-refractivity contribution in [3.8, 4) is 11.5 Å². The summed E-state index contributed by atoms with van der Waals surface area (Å²) in [5.74, 6) is -0.0588. The van der Waals surface area contributed by atoms with E-state index in [1.165, 1.54) is 7.11 Å². The number of methoxy groups -OCH3 is 1. The minimum atomic E-state index is -0.548. The molecule has 2 aromatic rings. The summed E-state index contributed by atoms with van der Waals surface area (Å²) in [5.41, 5.74) is 1.49. The smallest absolute Gasteiger partial charge is 0.363 e. The quantitative estimate of drug-likeness (QED) is 0.381. The number of halogens is 2. The van der Waals surface area contributed by atoms with Crippen molar-refractivity contribution in [2.45, 2.75) is 6.92 Å². The van der Waals surface area contributed by atoms with Gasteiger partial charge in [0.15, 0.2) is 23.8 Å². The molecule has 1 heterocycles. The first kappa shape index (κ1) is 22.0. The number of hydrogen-bond donors (Lipinski definition) is 0. The average Bonchev–Trinajstić information content (AvgIpc) is 3.08. The van der Waals surface area contributed by atoms with Crippen LogP contribution in [0.5, 0.6) is 11.5 Å². The molecule has 30 heavy (non-hydrogen) atoms. The van der Waals surface area contributed by atoms with Crippen molar-refractivity contribution in [3.63, 3.8) is 0 Å². The zero-order chi connectivity index (χ0) is 21.7. The molecular formula is C21H17Br2NO6. The number of cyclic esters (lactones) is 1. The maximum absolute atomic E-state index is 12.3. The molecule has 0 fully saturated rings. The molecule has 0 atom stereocenters. The fourth-order valence-corrected chi connectivity index (χ4v) is 3.39. The molecule has 0 bridgehead atoms. The van der Waals surface area contributed by atoms with Gasteiger partial charge in [0.1, 0.15) is 0 Å². The van der Waals surface area contributed by atoms with E-state index in [-0.39, 0.29) is 18.2 Å². The van der Waals surface area contributed by atoms with E-state index in [9.17, 15) is 9.59 Å². The van der Waals surface area contributed by atoms with Gasteiger partial charge in [-0.3, -0.25) is 0 Å². The van der Waals surface area contributed by atoms with E-state index in [1.54, 1.807) is 30.3 Å². The summed E-state index contributed by atoms with van der Waals surface area (Å²) in [6.07, 6.45) is 1.59. The SMILES string of the molecule is CCOc1cc(/C=C2\N=C(c3ccc(Br)cc3)OC2=O)cc(Br)c1OCC(=O)OC. The van der Waals surface area contributed by atoms with Gasteiger partial charge in [0, 0.05) is 10.0 Å². The monoisotopic (exact) mass is 537 g/mol. The van der Waals surface area contributed by atoms with Crippen LogP contribution < -0.4 is 9.47 Å². The fraction of sp³-hybridized carbons (Fsp3) is 0.190. The van der Waals surface area contributed by atoms with E-state index < -0.39 is 11.9 Å². The van der Waals surface area contributed by atoms with Gasteiger partial charge >= 0.3 is 11.9 Å². The van der Waals surface area contributed by atoms with Crippen LogP contribution in [0.4, 0.5) is 0 Å². The lowest BCUT2D eigenvalue weighted by Gasteiger charge is -2.14. The van der Waals surface area contributed by atoms with E-state index >= 15 is 0 Å². The Bertz CT molecular complexity index is 1030. The number of aliphatic imine (C=N–C) groups is 1. The van der Waals surface area contributed by atoms with Crippen LogP contribution in [0.25, 0.3) is 6.08 Å².